The number of ether oxygens (including phenoxy) is 1. The van der Waals surface area contributed by atoms with E-state index in [0.717, 1.165) is 41.9 Å². The Kier molecular flexibility index (Phi) is 6.57. The first-order valence-corrected chi connectivity index (χ1v) is 11.7. The number of halogens is 1. The maximum absolute atomic E-state index is 13.3. The van der Waals surface area contributed by atoms with Crippen molar-refractivity contribution in [1.29, 1.82) is 0 Å². The molecule has 3 nitrogen and oxygen atoms in total. The number of rotatable bonds is 8. The molecule has 1 aliphatic heterocycles. The monoisotopic (exact) mass is 426 g/mol. The maximum Gasteiger partial charge on any atom is 0.338 e. The van der Waals surface area contributed by atoms with Gasteiger partial charge < -0.3 is 4.74 Å². The molecule has 2 aromatic rings. The summed E-state index contributed by atoms with van der Waals surface area (Å²) in [4.78, 5) is 24.7. The fourth-order valence-electron chi connectivity index (χ4n) is 4.08. The van der Waals surface area contributed by atoms with Gasteiger partial charge in [0.2, 0.25) is 0 Å². The second-order valence-electron chi connectivity index (χ2n) is 8.40. The van der Waals surface area contributed by atoms with Crippen molar-refractivity contribution in [3.63, 3.8) is 0 Å². The lowest BCUT2D eigenvalue weighted by atomic mass is 9.89. The van der Waals surface area contributed by atoms with E-state index in [1.165, 1.54) is 25.0 Å². The molecule has 2 unspecified atom stereocenters. The first-order chi connectivity index (χ1) is 14.5. The van der Waals surface area contributed by atoms with E-state index in [1.807, 2.05) is 25.1 Å². The van der Waals surface area contributed by atoms with Gasteiger partial charge in [-0.2, -0.15) is 0 Å². The number of carbonyl (C=O) groups excluding carboxylic acids is 2. The molecule has 2 atom stereocenters. The normalized spacial score (nSPS) is 21.1. The quantitative estimate of drug-likeness (QED) is 0.508. The SMILES string of the molecule is Cc1cc(C(=O)OCCC2CC2)ccc1CCC1C(=O)CSC1c1ccc(F)cc1. The minimum atomic E-state index is -0.260. The fourth-order valence-corrected chi connectivity index (χ4v) is 5.51. The molecule has 1 saturated heterocycles. The zero-order chi connectivity index (χ0) is 21.1. The molecule has 30 heavy (non-hydrogen) atoms. The van der Waals surface area contributed by atoms with Crippen molar-refractivity contribution in [2.24, 2.45) is 11.8 Å². The lowest BCUT2D eigenvalue weighted by molar-refractivity contribution is -0.119. The van der Waals surface area contributed by atoms with E-state index in [2.05, 4.69) is 0 Å². The van der Waals surface area contributed by atoms with Crippen molar-refractivity contribution in [3.8, 4) is 0 Å². The summed E-state index contributed by atoms with van der Waals surface area (Å²) in [6.07, 6.45) is 5.01. The molecule has 5 heteroatoms. The smallest absolute Gasteiger partial charge is 0.338 e. The molecule has 0 amide bonds. The van der Waals surface area contributed by atoms with Crippen molar-refractivity contribution in [2.75, 3.05) is 12.4 Å². The minimum absolute atomic E-state index is 0.0630. The van der Waals surface area contributed by atoms with E-state index < -0.39 is 0 Å². The first kappa shape index (κ1) is 21.1. The van der Waals surface area contributed by atoms with Gasteiger partial charge in [-0.15, -0.1) is 11.8 Å². The number of esters is 1. The topological polar surface area (TPSA) is 43.4 Å². The molecule has 4 rings (SSSR count). The molecule has 1 heterocycles. The van der Waals surface area contributed by atoms with Crippen molar-refractivity contribution in [2.45, 2.75) is 44.3 Å². The molecule has 1 aliphatic carbocycles. The van der Waals surface area contributed by atoms with Crippen molar-refractivity contribution in [1.82, 2.24) is 0 Å². The van der Waals surface area contributed by atoms with Crippen LogP contribution >= 0.6 is 11.8 Å². The van der Waals surface area contributed by atoms with E-state index in [4.69, 9.17) is 4.74 Å². The molecular weight excluding hydrogens is 399 g/mol. The average Bonchev–Trinajstić information content (AvgIpc) is 3.49. The lowest BCUT2D eigenvalue weighted by Crippen LogP contribution is -2.15. The third-order valence-corrected chi connectivity index (χ3v) is 7.55. The Hall–Kier alpha value is -2.14. The Labute approximate surface area is 181 Å². The Bertz CT molecular complexity index is 920. The van der Waals surface area contributed by atoms with Gasteiger partial charge in [0.25, 0.3) is 0 Å². The first-order valence-electron chi connectivity index (χ1n) is 10.7. The van der Waals surface area contributed by atoms with Crippen LogP contribution in [0.2, 0.25) is 0 Å². The van der Waals surface area contributed by atoms with Crippen molar-refractivity contribution >= 4 is 23.5 Å². The molecule has 0 bridgehead atoms. The van der Waals surface area contributed by atoms with E-state index in [0.29, 0.717) is 17.9 Å². The molecular formula is C25H27FO3S. The molecule has 0 spiro atoms. The molecule has 2 fully saturated rings. The number of thioether (sulfide) groups is 1. The number of ketones is 1. The van der Waals surface area contributed by atoms with E-state index >= 15 is 0 Å². The Balaban J connectivity index is 1.36. The van der Waals surface area contributed by atoms with Crippen LogP contribution in [0.5, 0.6) is 0 Å². The van der Waals surface area contributed by atoms with Gasteiger partial charge >= 0.3 is 5.97 Å². The fraction of sp³-hybridized carbons (Fsp3) is 0.440. The van der Waals surface area contributed by atoms with Crippen LogP contribution in [0.15, 0.2) is 42.5 Å². The molecule has 0 aromatic heterocycles. The van der Waals surface area contributed by atoms with Crippen LogP contribution in [-0.4, -0.2) is 24.1 Å². The van der Waals surface area contributed by atoms with Crippen LogP contribution in [0.3, 0.4) is 0 Å². The lowest BCUT2D eigenvalue weighted by Gasteiger charge is -2.18. The third kappa shape index (κ3) is 5.12. The van der Waals surface area contributed by atoms with Crippen LogP contribution in [-0.2, 0) is 16.0 Å². The minimum Gasteiger partial charge on any atom is -0.462 e. The van der Waals surface area contributed by atoms with E-state index in [-0.39, 0.29) is 28.7 Å². The van der Waals surface area contributed by atoms with Crippen LogP contribution in [0.1, 0.15) is 58.0 Å². The van der Waals surface area contributed by atoms with Gasteiger partial charge in [0, 0.05) is 11.2 Å². The Morgan fingerprint density at radius 1 is 1.13 bits per heavy atom. The largest absolute Gasteiger partial charge is 0.462 e. The number of hydrogen-bond donors (Lipinski definition) is 0. The van der Waals surface area contributed by atoms with Crippen LogP contribution in [0, 0.1) is 24.6 Å². The Morgan fingerprint density at radius 2 is 1.90 bits per heavy atom. The molecule has 2 aromatic carbocycles. The molecule has 0 N–H and O–H groups in total. The van der Waals surface area contributed by atoms with Gasteiger partial charge in [-0.05, 0) is 73.1 Å². The number of benzene rings is 2. The van der Waals surface area contributed by atoms with Crippen LogP contribution in [0.25, 0.3) is 0 Å². The van der Waals surface area contributed by atoms with Crippen molar-refractivity contribution in [3.05, 3.63) is 70.5 Å². The summed E-state index contributed by atoms with van der Waals surface area (Å²) in [5.74, 6) is 0.944. The van der Waals surface area contributed by atoms with Crippen LogP contribution < -0.4 is 0 Å². The predicted molar refractivity (Wildman–Crippen MR) is 117 cm³/mol. The van der Waals surface area contributed by atoms with Crippen LogP contribution in [0.4, 0.5) is 4.39 Å². The molecule has 158 valence electrons. The number of carbonyl (C=O) groups is 2. The summed E-state index contributed by atoms with van der Waals surface area (Å²) >= 11 is 1.64. The second kappa shape index (κ2) is 9.34. The summed E-state index contributed by atoms with van der Waals surface area (Å²) < 4.78 is 18.6. The van der Waals surface area contributed by atoms with Gasteiger partial charge in [0.1, 0.15) is 11.6 Å². The van der Waals surface area contributed by atoms with Gasteiger partial charge in [-0.3, -0.25) is 4.79 Å². The molecule has 0 radical (unpaired) electrons. The highest BCUT2D eigenvalue weighted by Gasteiger charge is 2.36. The Morgan fingerprint density at radius 3 is 2.60 bits per heavy atom. The van der Waals surface area contributed by atoms with Gasteiger partial charge in [-0.25, -0.2) is 9.18 Å². The number of Topliss-reactive ketones (excluding diaryl/α,β-unsaturated/α-hetero) is 1. The van der Waals surface area contributed by atoms with Gasteiger partial charge in [0.05, 0.1) is 17.9 Å². The zero-order valence-corrected chi connectivity index (χ0v) is 18.1. The second-order valence-corrected chi connectivity index (χ2v) is 9.53. The number of aryl methyl sites for hydroxylation is 2. The standard InChI is InChI=1S/C25H27FO3S/c1-16-14-20(25(28)29-13-12-17-2-3-17)5-4-18(16)8-11-22-23(27)15-30-24(22)19-6-9-21(26)10-7-19/h4-7,9-10,14,17,22,24H,2-3,8,11-13,15H2,1H3. The maximum atomic E-state index is 13.3. The number of hydrogen-bond acceptors (Lipinski definition) is 4. The highest BCUT2D eigenvalue weighted by Crippen LogP contribution is 2.44. The highest BCUT2D eigenvalue weighted by molar-refractivity contribution is 8.00. The average molecular weight is 427 g/mol. The highest BCUT2D eigenvalue weighted by atomic mass is 32.2. The molecule has 2 aliphatic rings. The third-order valence-electron chi connectivity index (χ3n) is 6.14. The summed E-state index contributed by atoms with van der Waals surface area (Å²) in [6, 6.07) is 12.2. The summed E-state index contributed by atoms with van der Waals surface area (Å²) in [5.41, 5.74) is 3.79. The zero-order valence-electron chi connectivity index (χ0n) is 17.2. The molecule has 1 saturated carbocycles. The summed E-state index contributed by atoms with van der Waals surface area (Å²) in [5, 5.41) is 0.0825. The summed E-state index contributed by atoms with van der Waals surface area (Å²) in [7, 11) is 0. The van der Waals surface area contributed by atoms with E-state index in [1.54, 1.807) is 23.9 Å². The van der Waals surface area contributed by atoms with E-state index in [9.17, 15) is 14.0 Å². The van der Waals surface area contributed by atoms with Gasteiger partial charge in [-0.1, -0.05) is 31.0 Å². The summed E-state index contributed by atoms with van der Waals surface area (Å²) in [6.45, 7) is 2.50. The predicted octanol–water partition coefficient (Wildman–Crippen LogP) is 5.70. The van der Waals surface area contributed by atoms with Gasteiger partial charge in [0.15, 0.2) is 0 Å². The van der Waals surface area contributed by atoms with Crippen molar-refractivity contribution < 1.29 is 18.7 Å².